The molecule has 3 aromatic heterocycles. The highest BCUT2D eigenvalue weighted by Gasteiger charge is 2.16. The topological polar surface area (TPSA) is 50.7 Å². The molecule has 6 aromatic carbocycles. The molecule has 0 bridgehead atoms. The van der Waals surface area contributed by atoms with Gasteiger partial charge in [0.1, 0.15) is 0 Å². The zero-order valence-electron chi connectivity index (χ0n) is 26.0. The van der Waals surface area contributed by atoms with Gasteiger partial charge in [-0.3, -0.25) is 4.98 Å². The summed E-state index contributed by atoms with van der Waals surface area (Å²) in [4.78, 5) is 15.2. The van der Waals surface area contributed by atoms with Crippen LogP contribution in [0.4, 0.5) is 5.69 Å². The fourth-order valence-electron chi connectivity index (χ4n) is 7.30. The van der Waals surface area contributed by atoms with Gasteiger partial charge in [-0.05, 0) is 75.1 Å². The van der Waals surface area contributed by atoms with Crippen molar-refractivity contribution in [2.75, 3.05) is 11.9 Å². The number of nitrogens with one attached hydrogen (secondary N) is 1. The first-order chi connectivity index (χ1) is 23.8. The van der Waals surface area contributed by atoms with E-state index in [1.807, 2.05) is 12.3 Å². The molecule has 48 heavy (non-hydrogen) atoms. The molecule has 224 valence electrons. The second-order valence-corrected chi connectivity index (χ2v) is 12.5. The van der Waals surface area contributed by atoms with E-state index in [0.717, 1.165) is 84.1 Å². The van der Waals surface area contributed by atoms with E-state index < -0.39 is 0 Å². The van der Waals surface area contributed by atoms with Gasteiger partial charge in [0.05, 0.1) is 33.6 Å². The summed E-state index contributed by atoms with van der Waals surface area (Å²) in [6, 6.07) is 47.6. The molecule has 1 N–H and O–H groups in total. The van der Waals surface area contributed by atoms with E-state index in [4.69, 9.17) is 15.0 Å². The van der Waals surface area contributed by atoms with Crippen LogP contribution in [0.25, 0.3) is 94.0 Å². The molecule has 10 rings (SSSR count). The zero-order valence-corrected chi connectivity index (χ0v) is 26.0. The van der Waals surface area contributed by atoms with Gasteiger partial charge in [-0.2, -0.15) is 0 Å². The van der Waals surface area contributed by atoms with Crippen molar-refractivity contribution in [2.45, 2.75) is 0 Å². The molecule has 0 aliphatic carbocycles. The van der Waals surface area contributed by atoms with Crippen molar-refractivity contribution < 1.29 is 0 Å². The Kier molecular flexibility index (Phi) is 5.90. The number of nitrogens with zero attached hydrogens (tertiary/aromatic N) is 3. The number of aromatic nitrogens is 3. The van der Waals surface area contributed by atoms with Gasteiger partial charge in [0, 0.05) is 45.6 Å². The molecule has 1 aliphatic heterocycles. The van der Waals surface area contributed by atoms with Gasteiger partial charge < -0.3 is 5.32 Å². The molecule has 0 radical (unpaired) electrons. The maximum Gasteiger partial charge on any atom is 0.0946 e. The van der Waals surface area contributed by atoms with Gasteiger partial charge in [-0.25, -0.2) is 9.97 Å². The highest BCUT2D eigenvalue weighted by molar-refractivity contribution is 6.13. The largest absolute Gasteiger partial charge is 0.379 e. The third kappa shape index (κ3) is 4.27. The lowest BCUT2D eigenvalue weighted by atomic mass is 9.95. The lowest BCUT2D eigenvalue weighted by Crippen LogP contribution is -2.06. The van der Waals surface area contributed by atoms with E-state index in [2.05, 4.69) is 145 Å². The van der Waals surface area contributed by atoms with Crippen molar-refractivity contribution in [3.8, 4) is 33.6 Å². The van der Waals surface area contributed by atoms with Crippen LogP contribution in [0.2, 0.25) is 0 Å². The molecule has 0 saturated carbocycles. The number of benzene rings is 6. The molecule has 0 saturated heterocycles. The van der Waals surface area contributed by atoms with Crippen LogP contribution in [0.15, 0.2) is 146 Å². The van der Waals surface area contributed by atoms with Crippen LogP contribution < -0.4 is 5.32 Å². The van der Waals surface area contributed by atoms with Crippen molar-refractivity contribution in [3.63, 3.8) is 0 Å². The maximum atomic E-state index is 5.24. The first-order valence-electron chi connectivity index (χ1n) is 16.3. The Labute approximate surface area is 277 Å². The lowest BCUT2D eigenvalue weighted by Gasteiger charge is -2.18. The fourth-order valence-corrected chi connectivity index (χ4v) is 7.30. The van der Waals surface area contributed by atoms with Gasteiger partial charge >= 0.3 is 0 Å². The van der Waals surface area contributed by atoms with Crippen molar-refractivity contribution >= 4 is 66.0 Å². The first kappa shape index (κ1) is 26.8. The first-order valence-corrected chi connectivity index (χ1v) is 16.3. The molecular weight excluding hydrogens is 585 g/mol. The molecular formula is C44H28N4. The minimum atomic E-state index is 0.807. The van der Waals surface area contributed by atoms with E-state index in [1.54, 1.807) is 0 Å². The maximum absolute atomic E-state index is 5.24. The van der Waals surface area contributed by atoms with Crippen LogP contribution in [0, 0.1) is 0 Å². The fraction of sp³-hybridized carbons (Fsp3) is 0.0227. The Morgan fingerprint density at radius 1 is 0.500 bits per heavy atom. The van der Waals surface area contributed by atoms with Crippen LogP contribution in [0.3, 0.4) is 0 Å². The average molecular weight is 613 g/mol. The van der Waals surface area contributed by atoms with Gasteiger partial charge in [0.2, 0.25) is 0 Å². The summed E-state index contributed by atoms with van der Waals surface area (Å²) < 4.78 is 0. The summed E-state index contributed by atoms with van der Waals surface area (Å²) in [6.07, 6.45) is 6.18. The van der Waals surface area contributed by atoms with Gasteiger partial charge in [0.15, 0.2) is 0 Å². The zero-order chi connectivity index (χ0) is 31.6. The van der Waals surface area contributed by atoms with Crippen LogP contribution >= 0.6 is 0 Å². The van der Waals surface area contributed by atoms with Crippen molar-refractivity contribution in [2.24, 2.45) is 0 Å². The third-order valence-corrected chi connectivity index (χ3v) is 9.65. The quantitative estimate of drug-likeness (QED) is 0.202. The van der Waals surface area contributed by atoms with E-state index in [9.17, 15) is 0 Å². The Morgan fingerprint density at radius 2 is 1.12 bits per heavy atom. The lowest BCUT2D eigenvalue weighted by molar-refractivity contribution is 1.30. The second-order valence-electron chi connectivity index (χ2n) is 12.5. The van der Waals surface area contributed by atoms with Crippen LogP contribution in [-0.2, 0) is 0 Å². The standard InChI is InChI=1S/C44H28N4/c1-2-9-33-31(7-1)23-37(35-11-4-3-10-34(33)35)39-19-17-27-13-15-29(25-41(27)47-39)30-16-14-28-18-20-40(48-42(28)26-30)38-24-32-8-5-21-45-43(32)44-36(38)12-6-22-46-44/h1-20,22-26,45H,21H2. The number of pyridine rings is 3. The van der Waals surface area contributed by atoms with E-state index in [-0.39, 0.29) is 0 Å². The molecule has 0 unspecified atom stereocenters. The molecule has 0 amide bonds. The number of hydrogen-bond acceptors (Lipinski definition) is 4. The number of rotatable bonds is 3. The van der Waals surface area contributed by atoms with Crippen molar-refractivity contribution in [1.29, 1.82) is 0 Å². The summed E-state index contributed by atoms with van der Waals surface area (Å²) in [6.45, 7) is 0.807. The monoisotopic (exact) mass is 612 g/mol. The van der Waals surface area contributed by atoms with Crippen LogP contribution in [0.5, 0.6) is 0 Å². The summed E-state index contributed by atoms with van der Waals surface area (Å²) >= 11 is 0. The van der Waals surface area contributed by atoms with Gasteiger partial charge in [-0.15, -0.1) is 0 Å². The Hall–Kier alpha value is -6.39. The Bertz CT molecular complexity index is 2800. The molecule has 0 atom stereocenters. The summed E-state index contributed by atoms with van der Waals surface area (Å²) in [7, 11) is 0. The Balaban J connectivity index is 1.08. The molecule has 4 heteroatoms. The Morgan fingerprint density at radius 3 is 1.88 bits per heavy atom. The van der Waals surface area contributed by atoms with Crippen LogP contribution in [0.1, 0.15) is 5.56 Å². The molecule has 0 fully saturated rings. The SMILES string of the molecule is C1=Cc2cc(-c3ccc4ccc(-c5ccc6ccc(-c7cc8ccccc8c8ccccc78)nc6c5)cc4n3)c3cccnc3c2NC1. The molecule has 9 aromatic rings. The molecule has 0 spiro atoms. The number of anilines is 1. The molecule has 1 aliphatic rings. The highest BCUT2D eigenvalue weighted by Crippen LogP contribution is 2.38. The summed E-state index contributed by atoms with van der Waals surface area (Å²) in [5.41, 5.74) is 11.5. The predicted octanol–water partition coefficient (Wildman–Crippen LogP) is 11.1. The van der Waals surface area contributed by atoms with E-state index >= 15 is 0 Å². The van der Waals surface area contributed by atoms with Crippen molar-refractivity contribution in [1.82, 2.24) is 15.0 Å². The second kappa shape index (κ2) is 10.6. The number of fused-ring (bicyclic) bond motifs is 8. The van der Waals surface area contributed by atoms with Crippen LogP contribution in [-0.4, -0.2) is 21.5 Å². The summed E-state index contributed by atoms with van der Waals surface area (Å²) in [5, 5.41) is 11.8. The summed E-state index contributed by atoms with van der Waals surface area (Å²) in [5.74, 6) is 0. The minimum absolute atomic E-state index is 0.807. The minimum Gasteiger partial charge on any atom is -0.379 e. The van der Waals surface area contributed by atoms with Gasteiger partial charge in [-0.1, -0.05) is 103 Å². The van der Waals surface area contributed by atoms with Gasteiger partial charge in [0.25, 0.3) is 0 Å². The highest BCUT2D eigenvalue weighted by atomic mass is 14.9. The smallest absolute Gasteiger partial charge is 0.0946 e. The normalized spacial score (nSPS) is 12.6. The molecule has 4 nitrogen and oxygen atoms in total. The predicted molar refractivity (Wildman–Crippen MR) is 201 cm³/mol. The molecule has 4 heterocycles. The van der Waals surface area contributed by atoms with E-state index in [0.29, 0.717) is 0 Å². The third-order valence-electron chi connectivity index (χ3n) is 9.65. The van der Waals surface area contributed by atoms with Crippen molar-refractivity contribution in [3.05, 3.63) is 151 Å². The van der Waals surface area contributed by atoms with E-state index in [1.165, 1.54) is 21.5 Å². The number of hydrogen-bond donors (Lipinski definition) is 1. The average Bonchev–Trinajstić information content (AvgIpc) is 3.16.